The first kappa shape index (κ1) is 18.2. The molecule has 1 aliphatic heterocycles. The predicted molar refractivity (Wildman–Crippen MR) is 110 cm³/mol. The summed E-state index contributed by atoms with van der Waals surface area (Å²) in [6.07, 6.45) is 6.36. The van der Waals surface area contributed by atoms with Gasteiger partial charge >= 0.3 is 0 Å². The van der Waals surface area contributed by atoms with E-state index in [1.807, 2.05) is 70.4 Å². The van der Waals surface area contributed by atoms with E-state index in [-0.39, 0.29) is 11.8 Å². The zero-order valence-electron chi connectivity index (χ0n) is 16.1. The van der Waals surface area contributed by atoms with Gasteiger partial charge in [-0.1, -0.05) is 37.3 Å². The summed E-state index contributed by atoms with van der Waals surface area (Å²) in [4.78, 5) is 26.1. The topological polar surface area (TPSA) is 54.3 Å². The van der Waals surface area contributed by atoms with Crippen molar-refractivity contribution in [2.75, 3.05) is 31.1 Å². The van der Waals surface area contributed by atoms with Gasteiger partial charge in [0.05, 0.1) is 5.92 Å². The van der Waals surface area contributed by atoms with E-state index in [9.17, 15) is 4.79 Å². The van der Waals surface area contributed by atoms with E-state index >= 15 is 0 Å². The van der Waals surface area contributed by atoms with Crippen LogP contribution in [0, 0.1) is 0 Å². The lowest BCUT2D eigenvalue weighted by Crippen LogP contribution is -2.50. The van der Waals surface area contributed by atoms with E-state index in [1.165, 1.54) is 0 Å². The van der Waals surface area contributed by atoms with Crippen LogP contribution in [0.1, 0.15) is 24.8 Å². The summed E-state index contributed by atoms with van der Waals surface area (Å²) in [7, 11) is 0. The Bertz CT molecular complexity index is 902. The Morgan fingerprint density at radius 2 is 1.64 bits per heavy atom. The fourth-order valence-corrected chi connectivity index (χ4v) is 3.75. The van der Waals surface area contributed by atoms with Crippen molar-refractivity contribution in [3.05, 3.63) is 72.8 Å². The molecule has 1 aliphatic rings. The van der Waals surface area contributed by atoms with Crippen molar-refractivity contribution in [2.24, 2.45) is 0 Å². The lowest BCUT2D eigenvalue weighted by molar-refractivity contribution is -0.133. The van der Waals surface area contributed by atoms with Crippen molar-refractivity contribution >= 4 is 11.7 Å². The zero-order valence-corrected chi connectivity index (χ0v) is 16.1. The Morgan fingerprint density at radius 1 is 0.964 bits per heavy atom. The van der Waals surface area contributed by atoms with Crippen LogP contribution in [0.15, 0.2) is 67.3 Å². The Balaban J connectivity index is 1.42. The smallest absolute Gasteiger partial charge is 0.230 e. The third kappa shape index (κ3) is 3.76. The average Bonchev–Trinajstić information content (AvgIpc) is 3.30. The first-order valence-electron chi connectivity index (χ1n) is 9.80. The fraction of sp³-hybridized carbons (Fsp3) is 0.318. The van der Waals surface area contributed by atoms with E-state index in [2.05, 4.69) is 21.8 Å². The third-order valence-corrected chi connectivity index (χ3v) is 5.33. The number of rotatable bonds is 5. The average molecular weight is 375 g/mol. The lowest BCUT2D eigenvalue weighted by atomic mass is 9.95. The molecule has 3 heterocycles. The highest BCUT2D eigenvalue weighted by atomic mass is 16.2. The van der Waals surface area contributed by atoms with Gasteiger partial charge in [0.15, 0.2) is 0 Å². The van der Waals surface area contributed by atoms with Crippen LogP contribution in [0.5, 0.6) is 0 Å². The Kier molecular flexibility index (Phi) is 5.37. The molecule has 2 aromatic heterocycles. The van der Waals surface area contributed by atoms with Gasteiger partial charge in [-0.3, -0.25) is 4.79 Å². The van der Waals surface area contributed by atoms with Gasteiger partial charge in [0, 0.05) is 44.6 Å². The maximum Gasteiger partial charge on any atom is 0.230 e. The van der Waals surface area contributed by atoms with Crippen LogP contribution in [0.2, 0.25) is 0 Å². The highest BCUT2D eigenvalue weighted by Crippen LogP contribution is 2.23. The van der Waals surface area contributed by atoms with Crippen molar-refractivity contribution in [1.29, 1.82) is 0 Å². The van der Waals surface area contributed by atoms with Crippen LogP contribution in [-0.4, -0.2) is 51.5 Å². The van der Waals surface area contributed by atoms with Gasteiger partial charge in [0.25, 0.3) is 0 Å². The van der Waals surface area contributed by atoms with Crippen LogP contribution < -0.4 is 4.90 Å². The Hall–Kier alpha value is -3.15. The molecule has 28 heavy (non-hydrogen) atoms. The van der Waals surface area contributed by atoms with Crippen molar-refractivity contribution < 1.29 is 4.79 Å². The van der Waals surface area contributed by atoms with Crippen molar-refractivity contribution in [2.45, 2.75) is 19.3 Å². The quantitative estimate of drug-likeness (QED) is 0.688. The predicted octanol–water partition coefficient (Wildman–Crippen LogP) is 3.11. The number of aromatic nitrogens is 3. The molecule has 4 rings (SSSR count). The van der Waals surface area contributed by atoms with Crippen LogP contribution in [0.4, 0.5) is 5.82 Å². The molecule has 0 bridgehead atoms. The second kappa shape index (κ2) is 8.25. The molecule has 0 saturated carbocycles. The molecule has 1 aromatic carbocycles. The first-order valence-corrected chi connectivity index (χ1v) is 9.80. The molecule has 0 aliphatic carbocycles. The molecule has 6 heteroatoms. The largest absolute Gasteiger partial charge is 0.353 e. The maximum atomic E-state index is 13.1. The van der Waals surface area contributed by atoms with E-state index < -0.39 is 0 Å². The number of carbonyl (C=O) groups excluding carboxylic acids is 1. The lowest BCUT2D eigenvalue weighted by Gasteiger charge is -2.37. The summed E-state index contributed by atoms with van der Waals surface area (Å²) < 4.78 is 1.97. The summed E-state index contributed by atoms with van der Waals surface area (Å²) >= 11 is 0. The highest BCUT2D eigenvalue weighted by molar-refractivity contribution is 5.84. The van der Waals surface area contributed by atoms with Crippen LogP contribution >= 0.6 is 0 Å². The summed E-state index contributed by atoms with van der Waals surface area (Å²) in [6, 6.07) is 16.0. The van der Waals surface area contributed by atoms with Gasteiger partial charge in [-0.2, -0.15) is 0 Å². The van der Waals surface area contributed by atoms with Gasteiger partial charge < -0.3 is 14.4 Å². The fourth-order valence-electron chi connectivity index (χ4n) is 3.75. The Labute approximate surface area is 165 Å². The molecule has 144 valence electrons. The molecular formula is C22H25N5O. The SMILES string of the molecule is CCC(C(=O)N1CCN(c2cc(-n3cccc3)ncn2)CC1)c1ccccc1. The number of anilines is 1. The van der Waals surface area contributed by atoms with E-state index in [4.69, 9.17) is 0 Å². The minimum Gasteiger partial charge on any atom is -0.353 e. The number of nitrogens with zero attached hydrogens (tertiary/aromatic N) is 5. The molecule has 1 atom stereocenters. The van der Waals surface area contributed by atoms with Gasteiger partial charge in [0.1, 0.15) is 18.0 Å². The second-order valence-corrected chi connectivity index (χ2v) is 7.01. The summed E-state index contributed by atoms with van der Waals surface area (Å²) in [6.45, 7) is 5.06. The Morgan fingerprint density at radius 3 is 2.32 bits per heavy atom. The minimum absolute atomic E-state index is 0.0628. The number of carbonyl (C=O) groups is 1. The molecule has 1 unspecified atom stereocenters. The number of benzene rings is 1. The van der Waals surface area contributed by atoms with Crippen LogP contribution in [-0.2, 0) is 4.79 Å². The van der Waals surface area contributed by atoms with E-state index in [0.717, 1.165) is 36.7 Å². The third-order valence-electron chi connectivity index (χ3n) is 5.33. The molecule has 1 fully saturated rings. The molecule has 0 spiro atoms. The van der Waals surface area contributed by atoms with Gasteiger partial charge in [0.2, 0.25) is 5.91 Å². The van der Waals surface area contributed by atoms with Crippen molar-refractivity contribution in [1.82, 2.24) is 19.4 Å². The summed E-state index contributed by atoms with van der Waals surface area (Å²) in [5.41, 5.74) is 1.10. The maximum absolute atomic E-state index is 13.1. The standard InChI is InChI=1S/C22H25N5O/c1-2-19(18-8-4-3-5-9-18)22(28)27-14-12-26(13-15-27)21-16-20(23-17-24-21)25-10-6-7-11-25/h3-11,16-17,19H,2,12-15H2,1H3. The number of hydrogen-bond donors (Lipinski definition) is 0. The minimum atomic E-state index is -0.0628. The first-order chi connectivity index (χ1) is 13.8. The monoisotopic (exact) mass is 375 g/mol. The highest BCUT2D eigenvalue weighted by Gasteiger charge is 2.28. The molecular weight excluding hydrogens is 350 g/mol. The van der Waals surface area contributed by atoms with Gasteiger partial charge in [-0.15, -0.1) is 0 Å². The summed E-state index contributed by atoms with van der Waals surface area (Å²) in [5.74, 6) is 1.92. The van der Waals surface area contributed by atoms with Crippen molar-refractivity contribution in [3.8, 4) is 5.82 Å². The number of hydrogen-bond acceptors (Lipinski definition) is 4. The summed E-state index contributed by atoms with van der Waals surface area (Å²) in [5, 5.41) is 0. The van der Waals surface area contributed by atoms with E-state index in [1.54, 1.807) is 6.33 Å². The molecule has 1 saturated heterocycles. The number of piperazine rings is 1. The molecule has 0 radical (unpaired) electrons. The zero-order chi connectivity index (χ0) is 19.3. The van der Waals surface area contributed by atoms with Crippen molar-refractivity contribution in [3.63, 3.8) is 0 Å². The van der Waals surface area contributed by atoms with Crippen LogP contribution in [0.25, 0.3) is 5.82 Å². The number of amides is 1. The molecule has 3 aromatic rings. The second-order valence-electron chi connectivity index (χ2n) is 7.01. The van der Waals surface area contributed by atoms with Crippen LogP contribution in [0.3, 0.4) is 0 Å². The van der Waals surface area contributed by atoms with Gasteiger partial charge in [-0.25, -0.2) is 9.97 Å². The van der Waals surface area contributed by atoms with E-state index in [0.29, 0.717) is 13.1 Å². The molecule has 1 amide bonds. The molecule has 6 nitrogen and oxygen atoms in total. The normalized spacial score (nSPS) is 15.5. The molecule has 0 N–H and O–H groups in total. The van der Waals surface area contributed by atoms with Gasteiger partial charge in [-0.05, 0) is 24.1 Å².